The number of fused-ring (bicyclic) bond motifs is 1. The van der Waals surface area contributed by atoms with Gasteiger partial charge >= 0.3 is 6.09 Å². The Morgan fingerprint density at radius 3 is 2.53 bits per heavy atom. The highest BCUT2D eigenvalue weighted by molar-refractivity contribution is 6.73. The predicted octanol–water partition coefficient (Wildman–Crippen LogP) is 4.63. The molecule has 1 aromatic rings. The van der Waals surface area contributed by atoms with Crippen LogP contribution in [0.25, 0.3) is 0 Å². The molecule has 1 amide bonds. The van der Waals surface area contributed by atoms with Gasteiger partial charge in [-0.2, -0.15) is 0 Å². The lowest BCUT2D eigenvalue weighted by atomic mass is 9.81. The van der Waals surface area contributed by atoms with E-state index >= 15 is 0 Å². The third kappa shape index (κ3) is 3.20. The van der Waals surface area contributed by atoms with Gasteiger partial charge in [0.2, 0.25) is 0 Å². The molecule has 0 N–H and O–H groups in total. The zero-order valence-electron chi connectivity index (χ0n) is 19.2. The molecule has 172 valence electrons. The Morgan fingerprint density at radius 2 is 1.84 bits per heavy atom. The molecule has 1 spiro atoms. The Kier molecular flexibility index (Phi) is 5.54. The first-order valence-electron chi connectivity index (χ1n) is 12.1. The van der Waals surface area contributed by atoms with E-state index in [1.165, 1.54) is 0 Å². The molecule has 4 aliphatic rings. The highest BCUT2D eigenvalue weighted by Gasteiger charge is 2.64. The van der Waals surface area contributed by atoms with Gasteiger partial charge in [-0.3, -0.25) is 9.69 Å². The summed E-state index contributed by atoms with van der Waals surface area (Å²) in [6.45, 7) is 6.88. The fraction of sp³-hybridized carbons (Fsp3) is 0.600. The summed E-state index contributed by atoms with van der Waals surface area (Å²) in [7, 11) is -1.89. The summed E-state index contributed by atoms with van der Waals surface area (Å²) >= 11 is 0. The van der Waals surface area contributed by atoms with Crippen molar-refractivity contribution in [3.63, 3.8) is 0 Å². The smallest absolute Gasteiger partial charge is 0.411 e. The number of Topliss-reactive ketones (excluding diaryl/α,β-unsaturated/α-hetero) is 1. The van der Waals surface area contributed by atoms with Crippen LogP contribution in [0.2, 0.25) is 18.1 Å². The average molecular weight is 456 g/mol. The molecule has 3 heterocycles. The van der Waals surface area contributed by atoms with Gasteiger partial charge in [0, 0.05) is 0 Å². The van der Waals surface area contributed by atoms with E-state index in [1.54, 1.807) is 4.90 Å². The molecule has 6 nitrogen and oxygen atoms in total. The van der Waals surface area contributed by atoms with Gasteiger partial charge in [-0.25, -0.2) is 4.79 Å². The minimum absolute atomic E-state index is 0.0692. The number of rotatable bonds is 7. The first-order valence-corrected chi connectivity index (χ1v) is 14.6. The molecule has 2 bridgehead atoms. The summed E-state index contributed by atoms with van der Waals surface area (Å²) in [5.74, 6) is -0.302. The Hall–Kier alpha value is -1.96. The zero-order valence-corrected chi connectivity index (χ0v) is 20.2. The fourth-order valence-electron chi connectivity index (χ4n) is 6.27. The van der Waals surface area contributed by atoms with E-state index in [4.69, 9.17) is 13.9 Å². The summed E-state index contributed by atoms with van der Waals surface area (Å²) in [5.41, 5.74) is 0.392. The van der Waals surface area contributed by atoms with Crippen LogP contribution in [0.4, 0.5) is 4.79 Å². The molecule has 5 rings (SSSR count). The number of cyclic esters (lactones) is 1. The van der Waals surface area contributed by atoms with Gasteiger partial charge in [-0.15, -0.1) is 0 Å². The van der Waals surface area contributed by atoms with Crippen molar-refractivity contribution in [1.29, 1.82) is 0 Å². The lowest BCUT2D eigenvalue weighted by Crippen LogP contribution is -2.61. The monoisotopic (exact) mass is 455 g/mol. The van der Waals surface area contributed by atoms with E-state index < -0.39 is 32.2 Å². The van der Waals surface area contributed by atoms with Gasteiger partial charge in [0.1, 0.15) is 18.8 Å². The molecular formula is C25H33NO5Si. The van der Waals surface area contributed by atoms with Crippen LogP contribution in [0, 0.1) is 5.92 Å². The van der Waals surface area contributed by atoms with E-state index in [2.05, 4.69) is 26.8 Å². The summed E-state index contributed by atoms with van der Waals surface area (Å²) in [5, 5.41) is 0. The zero-order chi connectivity index (χ0) is 22.5. The topological polar surface area (TPSA) is 65.1 Å². The van der Waals surface area contributed by atoms with Crippen LogP contribution in [0.5, 0.6) is 0 Å². The standard InChI is InChI=1S/C25H33NO5Si/c1-4-32(5-2,6-3)31-19-12-14-25-15-13-20(30-25)22(23(27)21(19)25)26-18(16-29-24(26)28)17-10-8-7-9-11-17/h7-11,13,15,18-22H,4-6,12,14,16H2,1-3H3/t18-,19-,20+,21-,22+,25-/m1/s1. The van der Waals surface area contributed by atoms with Crippen molar-refractivity contribution in [3.8, 4) is 0 Å². The van der Waals surface area contributed by atoms with Crippen LogP contribution >= 0.6 is 0 Å². The number of benzene rings is 1. The van der Waals surface area contributed by atoms with Crippen molar-refractivity contribution in [2.45, 2.75) is 81.6 Å². The molecule has 0 unspecified atom stereocenters. The second-order valence-electron chi connectivity index (χ2n) is 9.57. The third-order valence-electron chi connectivity index (χ3n) is 8.28. The van der Waals surface area contributed by atoms with Crippen LogP contribution < -0.4 is 0 Å². The minimum Gasteiger partial charge on any atom is -0.447 e. The normalized spacial score (nSPS) is 36.0. The lowest BCUT2D eigenvalue weighted by molar-refractivity contribution is -0.164. The van der Waals surface area contributed by atoms with Crippen LogP contribution in [0.15, 0.2) is 42.5 Å². The number of hydrogen-bond donors (Lipinski definition) is 0. The van der Waals surface area contributed by atoms with E-state index in [-0.39, 0.29) is 30.5 Å². The maximum Gasteiger partial charge on any atom is 0.411 e. The number of amides is 1. The van der Waals surface area contributed by atoms with Crippen molar-refractivity contribution in [2.75, 3.05) is 6.61 Å². The summed E-state index contributed by atoms with van der Waals surface area (Å²) in [4.78, 5) is 28.6. The highest BCUT2D eigenvalue weighted by Crippen LogP contribution is 2.52. The van der Waals surface area contributed by atoms with Gasteiger partial charge < -0.3 is 13.9 Å². The van der Waals surface area contributed by atoms with Crippen molar-refractivity contribution in [1.82, 2.24) is 4.90 Å². The molecule has 0 radical (unpaired) electrons. The van der Waals surface area contributed by atoms with Gasteiger partial charge in [0.05, 0.1) is 23.7 Å². The van der Waals surface area contributed by atoms with Crippen LogP contribution in [-0.4, -0.2) is 55.6 Å². The number of ether oxygens (including phenoxy) is 2. The van der Waals surface area contributed by atoms with Crippen molar-refractivity contribution in [3.05, 3.63) is 48.0 Å². The second-order valence-corrected chi connectivity index (χ2v) is 14.3. The molecule has 2 saturated heterocycles. The van der Waals surface area contributed by atoms with Crippen LogP contribution in [-0.2, 0) is 18.7 Å². The molecule has 1 aromatic carbocycles. The first-order chi connectivity index (χ1) is 15.5. The number of carbonyl (C=O) groups is 2. The third-order valence-corrected chi connectivity index (χ3v) is 12.9. The van der Waals surface area contributed by atoms with Gasteiger partial charge in [0.25, 0.3) is 0 Å². The Labute approximate surface area is 191 Å². The molecule has 3 aliphatic heterocycles. The SMILES string of the molecule is CC[Si](CC)(CC)O[C@@H]1CC[C@]23C=C[C@H](O2)[C@H](N2C(=O)OC[C@@H]2c2ccccc2)C(=O)[C@@H]13. The van der Waals surface area contributed by atoms with Crippen molar-refractivity contribution in [2.24, 2.45) is 5.92 Å². The van der Waals surface area contributed by atoms with Crippen molar-refractivity contribution >= 4 is 20.2 Å². The Morgan fingerprint density at radius 1 is 1.12 bits per heavy atom. The van der Waals surface area contributed by atoms with Crippen LogP contribution in [0.1, 0.15) is 45.2 Å². The van der Waals surface area contributed by atoms with Gasteiger partial charge in [0.15, 0.2) is 14.1 Å². The quantitative estimate of drug-likeness (QED) is 0.443. The van der Waals surface area contributed by atoms with E-state index in [1.807, 2.05) is 36.4 Å². The maximum atomic E-state index is 14.1. The molecule has 0 aromatic heterocycles. The number of hydrogen-bond acceptors (Lipinski definition) is 5. The van der Waals surface area contributed by atoms with E-state index in [9.17, 15) is 9.59 Å². The first kappa shape index (κ1) is 21.9. The lowest BCUT2D eigenvalue weighted by Gasteiger charge is -2.45. The summed E-state index contributed by atoms with van der Waals surface area (Å²) in [6.07, 6.45) is 4.67. The predicted molar refractivity (Wildman–Crippen MR) is 123 cm³/mol. The number of nitrogens with zero attached hydrogens (tertiary/aromatic N) is 1. The molecule has 3 fully saturated rings. The fourth-order valence-corrected chi connectivity index (χ4v) is 9.16. The average Bonchev–Trinajstić information content (AvgIpc) is 3.50. The Bertz CT molecular complexity index is 908. The molecular weight excluding hydrogens is 422 g/mol. The maximum absolute atomic E-state index is 14.1. The number of carbonyl (C=O) groups excluding carboxylic acids is 2. The Balaban J connectivity index is 1.48. The highest BCUT2D eigenvalue weighted by atomic mass is 28.4. The van der Waals surface area contributed by atoms with Crippen LogP contribution in [0.3, 0.4) is 0 Å². The largest absolute Gasteiger partial charge is 0.447 e. The van der Waals surface area contributed by atoms with Crippen molar-refractivity contribution < 1.29 is 23.5 Å². The molecule has 1 saturated carbocycles. The van der Waals surface area contributed by atoms with E-state index in [0.717, 1.165) is 36.5 Å². The molecule has 1 aliphatic carbocycles. The summed E-state index contributed by atoms with van der Waals surface area (Å²) in [6, 6.07) is 12.0. The second kappa shape index (κ2) is 8.11. The summed E-state index contributed by atoms with van der Waals surface area (Å²) < 4.78 is 18.8. The minimum atomic E-state index is -1.89. The molecule has 32 heavy (non-hydrogen) atoms. The molecule has 7 heteroatoms. The van der Waals surface area contributed by atoms with Gasteiger partial charge in [-0.05, 0) is 36.5 Å². The number of ketones is 1. The van der Waals surface area contributed by atoms with E-state index in [0.29, 0.717) is 0 Å². The molecule has 6 atom stereocenters. The van der Waals surface area contributed by atoms with Gasteiger partial charge in [-0.1, -0.05) is 63.3 Å².